The first-order chi connectivity index (χ1) is 12.3. The van der Waals surface area contributed by atoms with Crippen LogP contribution in [0.15, 0.2) is 83.8 Å². The fourth-order valence-corrected chi connectivity index (χ4v) is 3.19. The van der Waals surface area contributed by atoms with Crippen LogP contribution in [0, 0.1) is 0 Å². The van der Waals surface area contributed by atoms with Gasteiger partial charge in [0.1, 0.15) is 16.4 Å². The Hall–Kier alpha value is -3.09. The van der Waals surface area contributed by atoms with E-state index in [0.717, 1.165) is 18.2 Å². The Balaban J connectivity index is 0.000000153. The lowest BCUT2D eigenvalue weighted by Gasteiger charge is -2.00. The summed E-state index contributed by atoms with van der Waals surface area (Å²) in [6.07, 6.45) is 0. The highest BCUT2D eigenvalue weighted by molar-refractivity contribution is 7.86. The number of phenolic OH excluding ortho intramolecular Hbond substituents is 2. The van der Waals surface area contributed by atoms with E-state index in [4.69, 9.17) is 14.8 Å². The summed E-state index contributed by atoms with van der Waals surface area (Å²) >= 11 is 0. The van der Waals surface area contributed by atoms with Crippen LogP contribution < -0.4 is 0 Å². The predicted octanol–water partition coefficient (Wildman–Crippen LogP) is 4.34. The van der Waals surface area contributed by atoms with E-state index in [9.17, 15) is 8.42 Å². The molecule has 0 aliphatic rings. The largest absolute Gasteiger partial charge is 0.508 e. The number of hydrogen-bond donors (Lipinski definition) is 3. The maximum atomic E-state index is 10.5. The monoisotopic (exact) mass is 368 g/mol. The number of rotatable bonds is 1. The molecule has 0 saturated carbocycles. The van der Waals surface area contributed by atoms with Gasteiger partial charge in [0.25, 0.3) is 10.1 Å². The number of fused-ring (bicyclic) bond motifs is 2. The van der Waals surface area contributed by atoms with Crippen molar-refractivity contribution in [3.8, 4) is 11.5 Å². The van der Waals surface area contributed by atoms with Crippen LogP contribution in [0.3, 0.4) is 0 Å². The van der Waals surface area contributed by atoms with Gasteiger partial charge >= 0.3 is 0 Å². The fourth-order valence-electron chi connectivity index (χ4n) is 2.59. The summed E-state index contributed by atoms with van der Waals surface area (Å²) in [5.41, 5.74) is 0. The van der Waals surface area contributed by atoms with Gasteiger partial charge in [-0.25, -0.2) is 0 Å². The zero-order valence-corrected chi connectivity index (χ0v) is 14.4. The molecule has 4 aromatic rings. The lowest BCUT2D eigenvalue weighted by Crippen LogP contribution is -1.97. The molecule has 5 nitrogen and oxygen atoms in total. The van der Waals surface area contributed by atoms with E-state index in [-0.39, 0.29) is 5.75 Å². The van der Waals surface area contributed by atoms with Crippen LogP contribution in [0.4, 0.5) is 0 Å². The molecule has 0 aromatic heterocycles. The van der Waals surface area contributed by atoms with E-state index < -0.39 is 20.8 Å². The van der Waals surface area contributed by atoms with Crippen molar-refractivity contribution in [1.82, 2.24) is 0 Å². The van der Waals surface area contributed by atoms with E-state index in [1.807, 2.05) is 0 Å². The molecule has 0 bridgehead atoms. The average molecular weight is 368 g/mol. The third-order valence-corrected chi connectivity index (χ3v) is 4.72. The third-order valence-electron chi connectivity index (χ3n) is 3.84. The van der Waals surface area contributed by atoms with Gasteiger partial charge < -0.3 is 10.2 Å². The lowest BCUT2D eigenvalue weighted by molar-refractivity contribution is 0.433. The molecule has 6 heteroatoms. The number of aromatic hydroxyl groups is 2. The molecule has 0 radical (unpaired) electrons. The number of hydrogen-bond acceptors (Lipinski definition) is 4. The minimum absolute atomic E-state index is 0.347. The van der Waals surface area contributed by atoms with Gasteiger partial charge in [-0.05, 0) is 45.8 Å². The maximum absolute atomic E-state index is 10.5. The second kappa shape index (κ2) is 7.03. The molecule has 0 spiro atoms. The predicted molar refractivity (Wildman–Crippen MR) is 101 cm³/mol. The molecule has 0 aliphatic heterocycles. The van der Waals surface area contributed by atoms with Crippen LogP contribution >= 0.6 is 0 Å². The average Bonchev–Trinajstić information content (AvgIpc) is 2.61. The van der Waals surface area contributed by atoms with Crippen molar-refractivity contribution in [2.75, 3.05) is 0 Å². The first-order valence-corrected chi connectivity index (χ1v) is 9.15. The molecular weight excluding hydrogens is 352 g/mol. The number of benzene rings is 4. The Bertz CT molecular complexity index is 1080. The van der Waals surface area contributed by atoms with Gasteiger partial charge in [-0.2, -0.15) is 8.42 Å². The molecule has 0 heterocycles. The minimum Gasteiger partial charge on any atom is -0.508 e. The van der Waals surface area contributed by atoms with Crippen molar-refractivity contribution < 1.29 is 23.2 Å². The molecule has 0 fully saturated rings. The highest BCUT2D eigenvalue weighted by atomic mass is 32.2. The van der Waals surface area contributed by atoms with Crippen LogP contribution in [0.25, 0.3) is 21.5 Å². The summed E-state index contributed by atoms with van der Waals surface area (Å²) in [4.78, 5) is -0.706. The summed E-state index contributed by atoms with van der Waals surface area (Å²) in [5.74, 6) is -0.948. The Morgan fingerprint density at radius 2 is 1.04 bits per heavy atom. The Labute approximate surface area is 150 Å². The first kappa shape index (κ1) is 17.7. The molecule has 3 N–H and O–H groups in total. The maximum Gasteiger partial charge on any atom is 0.298 e. The standard InChI is InChI=1S/C14H10.C6H6O5S/c1-2-6-12-10-14-8-4-3-7-13(14)9-11(12)5-1;7-4-1-2-5(8)6(3-4)12(9,10)11/h1-10H;1-3,7-8H,(H,9,10,11). The summed E-state index contributed by atoms with van der Waals surface area (Å²) in [6, 6.07) is 24.2. The lowest BCUT2D eigenvalue weighted by atomic mass is 10.0. The summed E-state index contributed by atoms with van der Waals surface area (Å²) in [7, 11) is -4.47. The first-order valence-electron chi connectivity index (χ1n) is 7.71. The molecule has 0 saturated heterocycles. The number of phenols is 2. The van der Waals surface area contributed by atoms with Crippen molar-refractivity contribution >= 4 is 31.7 Å². The van der Waals surface area contributed by atoms with Crippen molar-refractivity contribution in [3.05, 3.63) is 78.9 Å². The van der Waals surface area contributed by atoms with Crippen molar-refractivity contribution in [1.29, 1.82) is 0 Å². The molecule has 4 aromatic carbocycles. The SMILES string of the molecule is O=S(=O)(O)c1cc(O)ccc1O.c1ccc2cc3ccccc3cc2c1. The van der Waals surface area contributed by atoms with E-state index in [0.29, 0.717) is 0 Å². The van der Waals surface area contributed by atoms with Crippen molar-refractivity contribution in [2.45, 2.75) is 4.90 Å². The van der Waals surface area contributed by atoms with Crippen LogP contribution in [-0.4, -0.2) is 23.2 Å². The van der Waals surface area contributed by atoms with Gasteiger partial charge in [0, 0.05) is 6.07 Å². The summed E-state index contributed by atoms with van der Waals surface area (Å²) < 4.78 is 29.5. The molecule has 4 rings (SSSR count). The third kappa shape index (κ3) is 3.93. The molecule has 26 heavy (non-hydrogen) atoms. The summed E-state index contributed by atoms with van der Waals surface area (Å²) in [6.45, 7) is 0. The van der Waals surface area contributed by atoms with Gasteiger partial charge in [0.05, 0.1) is 0 Å². The Morgan fingerprint density at radius 1 is 0.615 bits per heavy atom. The molecule has 132 valence electrons. The molecule has 0 amide bonds. The van der Waals surface area contributed by atoms with Crippen LogP contribution in [-0.2, 0) is 10.1 Å². The smallest absolute Gasteiger partial charge is 0.298 e. The normalized spacial score (nSPS) is 11.1. The van der Waals surface area contributed by atoms with Crippen LogP contribution in [0.2, 0.25) is 0 Å². The van der Waals surface area contributed by atoms with E-state index in [2.05, 4.69) is 60.7 Å². The Morgan fingerprint density at radius 3 is 1.38 bits per heavy atom. The van der Waals surface area contributed by atoms with Crippen molar-refractivity contribution in [3.63, 3.8) is 0 Å². The fraction of sp³-hybridized carbons (Fsp3) is 0. The van der Waals surface area contributed by atoms with E-state index in [1.54, 1.807) is 0 Å². The van der Waals surface area contributed by atoms with Crippen LogP contribution in [0.5, 0.6) is 11.5 Å². The molecular formula is C20H16O5S. The topological polar surface area (TPSA) is 94.8 Å². The second-order valence-corrected chi connectivity index (χ2v) is 7.06. The van der Waals surface area contributed by atoms with E-state index >= 15 is 0 Å². The van der Waals surface area contributed by atoms with Gasteiger partial charge in [-0.15, -0.1) is 0 Å². The minimum atomic E-state index is -4.47. The molecule has 0 atom stereocenters. The van der Waals surface area contributed by atoms with Gasteiger partial charge in [-0.1, -0.05) is 48.5 Å². The summed E-state index contributed by atoms with van der Waals surface area (Å²) in [5, 5.41) is 23.0. The highest BCUT2D eigenvalue weighted by Gasteiger charge is 2.15. The Kier molecular flexibility index (Phi) is 4.79. The molecule has 0 unspecified atom stereocenters. The highest BCUT2D eigenvalue weighted by Crippen LogP contribution is 2.26. The van der Waals surface area contributed by atoms with Crippen molar-refractivity contribution in [2.24, 2.45) is 0 Å². The van der Waals surface area contributed by atoms with E-state index in [1.165, 1.54) is 21.5 Å². The second-order valence-electron chi connectivity index (χ2n) is 5.67. The molecule has 0 aliphatic carbocycles. The quantitative estimate of drug-likeness (QED) is 0.264. The van der Waals surface area contributed by atoms with Crippen LogP contribution in [0.1, 0.15) is 0 Å². The van der Waals surface area contributed by atoms with Gasteiger partial charge in [0.2, 0.25) is 0 Å². The van der Waals surface area contributed by atoms with Gasteiger partial charge in [0.15, 0.2) is 0 Å². The zero-order valence-electron chi connectivity index (χ0n) is 13.6. The van der Waals surface area contributed by atoms with Gasteiger partial charge in [-0.3, -0.25) is 4.55 Å². The zero-order chi connectivity index (χ0) is 18.7.